The van der Waals surface area contributed by atoms with Gasteiger partial charge in [-0.3, -0.25) is 9.59 Å². The Kier molecular flexibility index (Phi) is 6.07. The van der Waals surface area contributed by atoms with Crippen molar-refractivity contribution in [1.82, 2.24) is 10.2 Å². The lowest BCUT2D eigenvalue weighted by Gasteiger charge is -2.43. The van der Waals surface area contributed by atoms with Gasteiger partial charge in [-0.25, -0.2) is 4.79 Å². The van der Waals surface area contributed by atoms with Crippen molar-refractivity contribution >= 4 is 35.3 Å². The molecule has 2 amide bonds. The first-order valence-corrected chi connectivity index (χ1v) is 11.9. The van der Waals surface area contributed by atoms with E-state index in [1.54, 1.807) is 38.1 Å². The van der Waals surface area contributed by atoms with Crippen molar-refractivity contribution in [1.29, 1.82) is 0 Å². The van der Waals surface area contributed by atoms with Gasteiger partial charge in [-0.2, -0.15) is 0 Å². The van der Waals surface area contributed by atoms with Gasteiger partial charge in [0.2, 0.25) is 5.91 Å². The Morgan fingerprint density at radius 3 is 2.52 bits per heavy atom. The third-order valence-electron chi connectivity index (χ3n) is 6.56. The standard InChI is InChI=1S/C23H29N3O6S/c1-22(2)17(21(29)30)26-19(28)16(20(26)33-22)24-18(27)15(13-9-5-6-10-14(13)31-4)25-32-23(3)11-7-8-12-23/h5-6,9-10,16-17,20H,7-8,11-12H2,1-4H3,(H,24,27)(H,29,30)/b25-15-/t16-,17-,20+/m0/s1. The van der Waals surface area contributed by atoms with Crippen LogP contribution in [0.4, 0.5) is 0 Å². The number of methoxy groups -OCH3 is 1. The quantitative estimate of drug-likeness (QED) is 0.353. The highest BCUT2D eigenvalue weighted by atomic mass is 32.2. The number of para-hydroxylation sites is 1. The zero-order valence-corrected chi connectivity index (χ0v) is 20.0. The predicted molar refractivity (Wildman–Crippen MR) is 123 cm³/mol. The number of nitrogens with zero attached hydrogens (tertiary/aromatic N) is 2. The molecule has 0 bridgehead atoms. The molecule has 1 saturated carbocycles. The van der Waals surface area contributed by atoms with Crippen LogP contribution >= 0.6 is 11.8 Å². The molecule has 0 radical (unpaired) electrons. The van der Waals surface area contributed by atoms with Crippen molar-refractivity contribution in [3.63, 3.8) is 0 Å². The van der Waals surface area contributed by atoms with Gasteiger partial charge in [0.25, 0.3) is 5.91 Å². The lowest BCUT2D eigenvalue weighted by molar-refractivity contribution is -0.160. The highest BCUT2D eigenvalue weighted by Crippen LogP contribution is 2.50. The van der Waals surface area contributed by atoms with Crippen molar-refractivity contribution < 1.29 is 29.1 Å². The molecule has 10 heteroatoms. The largest absolute Gasteiger partial charge is 0.496 e. The Hall–Kier alpha value is -2.75. The first kappa shape index (κ1) is 23.4. The molecule has 4 rings (SSSR count). The molecule has 3 atom stereocenters. The van der Waals surface area contributed by atoms with Crippen molar-refractivity contribution in [2.75, 3.05) is 7.11 Å². The Morgan fingerprint density at radius 2 is 1.88 bits per heavy atom. The highest BCUT2D eigenvalue weighted by molar-refractivity contribution is 8.01. The summed E-state index contributed by atoms with van der Waals surface area (Å²) in [7, 11) is 1.50. The summed E-state index contributed by atoms with van der Waals surface area (Å²) in [6.45, 7) is 5.55. The molecule has 0 unspecified atom stereocenters. The fraction of sp³-hybridized carbons (Fsp3) is 0.565. The molecule has 2 saturated heterocycles. The van der Waals surface area contributed by atoms with E-state index in [-0.39, 0.29) is 5.71 Å². The average molecular weight is 476 g/mol. The van der Waals surface area contributed by atoms with Crippen LogP contribution in [0.5, 0.6) is 5.75 Å². The number of carboxylic acids is 1. The molecule has 9 nitrogen and oxygen atoms in total. The topological polar surface area (TPSA) is 118 Å². The zero-order valence-electron chi connectivity index (χ0n) is 19.2. The molecule has 2 N–H and O–H groups in total. The van der Waals surface area contributed by atoms with Crippen LogP contribution in [0.2, 0.25) is 0 Å². The van der Waals surface area contributed by atoms with Crippen LogP contribution in [0.25, 0.3) is 0 Å². The number of hydrogen-bond donors (Lipinski definition) is 2. The Morgan fingerprint density at radius 1 is 1.21 bits per heavy atom. The third-order valence-corrected chi connectivity index (χ3v) is 8.13. The second kappa shape index (κ2) is 8.55. The van der Waals surface area contributed by atoms with Crippen LogP contribution in [-0.2, 0) is 19.2 Å². The number of thioether (sulfide) groups is 1. The van der Waals surface area contributed by atoms with Crippen LogP contribution in [-0.4, -0.2) is 68.4 Å². The van der Waals surface area contributed by atoms with Gasteiger partial charge in [0, 0.05) is 4.75 Å². The molecule has 3 aliphatic rings. The van der Waals surface area contributed by atoms with Gasteiger partial charge in [0.05, 0.1) is 12.7 Å². The molecule has 3 fully saturated rings. The fourth-order valence-electron chi connectivity index (χ4n) is 4.78. The summed E-state index contributed by atoms with van der Waals surface area (Å²) in [5.41, 5.74) is 0.0193. The number of hydrogen-bond acceptors (Lipinski definition) is 7. The van der Waals surface area contributed by atoms with E-state index in [9.17, 15) is 19.5 Å². The molecule has 178 valence electrons. The average Bonchev–Trinajstić information content (AvgIpc) is 3.31. The zero-order chi connectivity index (χ0) is 24.0. The summed E-state index contributed by atoms with van der Waals surface area (Å²) in [6, 6.07) is 5.20. The van der Waals surface area contributed by atoms with E-state index in [0.717, 1.165) is 25.7 Å². The van der Waals surface area contributed by atoms with Crippen LogP contribution in [0, 0.1) is 0 Å². The number of oxime groups is 1. The summed E-state index contributed by atoms with van der Waals surface area (Å²) < 4.78 is 4.74. The first-order valence-electron chi connectivity index (χ1n) is 11.0. The summed E-state index contributed by atoms with van der Waals surface area (Å²) in [4.78, 5) is 45.1. The summed E-state index contributed by atoms with van der Waals surface area (Å²) >= 11 is 1.37. The van der Waals surface area contributed by atoms with Crippen molar-refractivity contribution in [3.8, 4) is 5.75 Å². The van der Waals surface area contributed by atoms with Crippen molar-refractivity contribution in [2.45, 2.75) is 74.3 Å². The van der Waals surface area contributed by atoms with Crippen LogP contribution in [0.1, 0.15) is 52.0 Å². The lowest BCUT2D eigenvalue weighted by Crippen LogP contribution is -2.71. The smallest absolute Gasteiger partial charge is 0.327 e. The highest BCUT2D eigenvalue weighted by Gasteiger charge is 2.64. The molecule has 33 heavy (non-hydrogen) atoms. The Balaban J connectivity index is 1.59. The van der Waals surface area contributed by atoms with E-state index in [4.69, 9.17) is 9.57 Å². The van der Waals surface area contributed by atoms with Crippen LogP contribution < -0.4 is 10.1 Å². The van der Waals surface area contributed by atoms with Crippen molar-refractivity contribution in [3.05, 3.63) is 29.8 Å². The Bertz CT molecular complexity index is 1000. The van der Waals surface area contributed by atoms with Gasteiger partial charge in [-0.05, 0) is 58.6 Å². The number of rotatable bonds is 7. The number of aliphatic carboxylic acids is 1. The summed E-state index contributed by atoms with van der Waals surface area (Å²) in [6.07, 6.45) is 3.76. The predicted octanol–water partition coefficient (Wildman–Crippen LogP) is 2.38. The first-order chi connectivity index (χ1) is 15.6. The van der Waals surface area contributed by atoms with Gasteiger partial charge in [0.15, 0.2) is 5.71 Å². The van der Waals surface area contributed by atoms with Gasteiger partial charge in [0.1, 0.15) is 28.8 Å². The second-order valence-electron chi connectivity index (χ2n) is 9.44. The Labute approximate surface area is 196 Å². The van der Waals surface area contributed by atoms with Crippen molar-refractivity contribution in [2.24, 2.45) is 5.16 Å². The lowest BCUT2D eigenvalue weighted by atomic mass is 9.96. The molecule has 2 heterocycles. The van der Waals surface area contributed by atoms with E-state index in [1.807, 2.05) is 6.92 Å². The number of fused-ring (bicyclic) bond motifs is 1. The molecule has 1 aliphatic carbocycles. The number of carboxylic acid groups (broad SMARTS) is 1. The van der Waals surface area contributed by atoms with E-state index >= 15 is 0 Å². The van der Waals surface area contributed by atoms with Gasteiger partial charge < -0.3 is 24.9 Å². The number of benzene rings is 1. The van der Waals surface area contributed by atoms with Gasteiger partial charge >= 0.3 is 5.97 Å². The van der Waals surface area contributed by atoms with E-state index < -0.39 is 45.6 Å². The molecule has 2 aliphatic heterocycles. The molecule has 1 aromatic carbocycles. The number of carbonyl (C=O) groups is 3. The van der Waals surface area contributed by atoms with E-state index in [1.165, 1.54) is 23.8 Å². The SMILES string of the molecule is COc1ccccc1/C(=N/OC1(C)CCCC1)C(=O)N[C@H]1C(=O)N2[C@@H]1SC(C)(C)[C@@H]2C(=O)O. The minimum Gasteiger partial charge on any atom is -0.496 e. The third kappa shape index (κ3) is 4.16. The molecule has 0 spiro atoms. The van der Waals surface area contributed by atoms with E-state index in [2.05, 4.69) is 10.5 Å². The second-order valence-corrected chi connectivity index (χ2v) is 11.2. The summed E-state index contributed by atoms with van der Waals surface area (Å²) in [5.74, 6) is -1.59. The summed E-state index contributed by atoms with van der Waals surface area (Å²) in [5, 5.41) is 16.2. The van der Waals surface area contributed by atoms with Gasteiger partial charge in [-0.15, -0.1) is 11.8 Å². The maximum Gasteiger partial charge on any atom is 0.327 e. The number of ether oxygens (including phenoxy) is 1. The normalized spacial score (nSPS) is 27.5. The number of β-lactam (4-membered cyclic amide) rings is 1. The minimum absolute atomic E-state index is 0.0175. The molecule has 0 aromatic heterocycles. The monoisotopic (exact) mass is 475 g/mol. The number of nitrogens with one attached hydrogen (secondary N) is 1. The maximum atomic E-state index is 13.4. The fourth-order valence-corrected chi connectivity index (χ4v) is 6.40. The maximum absolute atomic E-state index is 13.4. The molecule has 1 aromatic rings. The number of carbonyl (C=O) groups excluding carboxylic acids is 2. The van der Waals surface area contributed by atoms with Crippen LogP contribution in [0.3, 0.4) is 0 Å². The minimum atomic E-state index is -1.05. The molecular formula is C23H29N3O6S. The van der Waals surface area contributed by atoms with Crippen LogP contribution in [0.15, 0.2) is 29.4 Å². The van der Waals surface area contributed by atoms with E-state index in [0.29, 0.717) is 11.3 Å². The van der Waals surface area contributed by atoms with Gasteiger partial charge in [-0.1, -0.05) is 17.3 Å². The molecular weight excluding hydrogens is 446 g/mol. The number of amides is 2.